The maximum atomic E-state index is 12.4. The van der Waals surface area contributed by atoms with E-state index in [1.54, 1.807) is 0 Å². The number of aromatic carboxylic acids is 1. The second kappa shape index (κ2) is 6.33. The molecule has 0 atom stereocenters. The second-order valence-electron chi connectivity index (χ2n) is 4.01. The van der Waals surface area contributed by atoms with E-state index < -0.39 is 51.4 Å². The Morgan fingerprint density at radius 2 is 1.52 bits per heavy atom. The Morgan fingerprint density at radius 1 is 1.05 bits per heavy atom. The summed E-state index contributed by atoms with van der Waals surface area (Å²) in [7, 11) is -4.42. The predicted molar refractivity (Wildman–Crippen MR) is 70.5 cm³/mol. The Bertz CT molecular complexity index is 669. The van der Waals surface area contributed by atoms with Gasteiger partial charge in [0.25, 0.3) is 0 Å². The molecule has 9 nitrogen and oxygen atoms in total. The lowest BCUT2D eigenvalue weighted by atomic mass is 10.2. The highest BCUT2D eigenvalue weighted by atomic mass is 32.2. The normalized spacial score (nSPS) is 11.3. The maximum absolute atomic E-state index is 12.4. The van der Waals surface area contributed by atoms with Gasteiger partial charge in [0, 0.05) is 0 Å². The number of amides is 2. The number of sulfonamides is 1. The highest BCUT2D eigenvalue weighted by molar-refractivity contribution is 7.89. The Balaban J connectivity index is 3.38. The number of benzene rings is 1. The Kier molecular flexibility index (Phi) is 5.00. The van der Waals surface area contributed by atoms with Crippen LogP contribution in [0.3, 0.4) is 0 Å². The molecule has 21 heavy (non-hydrogen) atoms. The van der Waals surface area contributed by atoms with Crippen LogP contribution in [0.5, 0.6) is 0 Å². The smallest absolute Gasteiger partial charge is 0.337 e. The molecule has 0 aromatic heterocycles. The van der Waals surface area contributed by atoms with E-state index in [0.717, 1.165) is 12.1 Å². The molecule has 114 valence electrons. The molecule has 0 radical (unpaired) electrons. The minimum Gasteiger partial charge on any atom is -0.478 e. The standard InChI is InChI=1S/C11H13N3O6S/c12-9(15)5-14(6-10(13)16)21(19,20)8-4-2-1-3-7(8)11(17)18/h1-4H,5-6H2,(H2,12,15)(H2,13,16)(H,17,18). The number of rotatable bonds is 7. The van der Waals surface area contributed by atoms with Gasteiger partial charge in [-0.25, -0.2) is 13.2 Å². The summed E-state index contributed by atoms with van der Waals surface area (Å²) in [5.41, 5.74) is 9.37. The van der Waals surface area contributed by atoms with Crippen molar-refractivity contribution < 1.29 is 27.9 Å². The molecular weight excluding hydrogens is 302 g/mol. The van der Waals surface area contributed by atoms with Crippen LogP contribution in [-0.4, -0.2) is 48.7 Å². The van der Waals surface area contributed by atoms with Gasteiger partial charge < -0.3 is 16.6 Å². The number of carbonyl (C=O) groups is 3. The van der Waals surface area contributed by atoms with Crippen LogP contribution < -0.4 is 11.5 Å². The number of carbonyl (C=O) groups excluding carboxylic acids is 2. The first-order valence-electron chi connectivity index (χ1n) is 5.55. The Morgan fingerprint density at radius 3 is 1.95 bits per heavy atom. The van der Waals surface area contributed by atoms with E-state index in [4.69, 9.17) is 16.6 Å². The van der Waals surface area contributed by atoms with Crippen LogP contribution >= 0.6 is 0 Å². The highest BCUT2D eigenvalue weighted by Gasteiger charge is 2.30. The third-order valence-corrected chi connectivity index (χ3v) is 4.25. The first-order chi connectivity index (χ1) is 9.66. The van der Waals surface area contributed by atoms with Crippen molar-refractivity contribution in [1.29, 1.82) is 0 Å². The molecule has 0 heterocycles. The van der Waals surface area contributed by atoms with E-state index in [2.05, 4.69) is 0 Å². The molecule has 0 unspecified atom stereocenters. The van der Waals surface area contributed by atoms with Crippen LogP contribution in [0.2, 0.25) is 0 Å². The highest BCUT2D eigenvalue weighted by Crippen LogP contribution is 2.20. The second-order valence-corrected chi connectivity index (χ2v) is 5.91. The lowest BCUT2D eigenvalue weighted by Crippen LogP contribution is -2.43. The molecule has 0 saturated carbocycles. The number of nitrogens with two attached hydrogens (primary N) is 2. The summed E-state index contributed by atoms with van der Waals surface area (Å²) >= 11 is 0. The van der Waals surface area contributed by atoms with E-state index >= 15 is 0 Å². The van der Waals surface area contributed by atoms with Gasteiger partial charge in [0.2, 0.25) is 21.8 Å². The predicted octanol–water partition coefficient (Wildman–Crippen LogP) is -1.65. The van der Waals surface area contributed by atoms with Crippen molar-refractivity contribution in [3.8, 4) is 0 Å². The van der Waals surface area contributed by atoms with Crippen LogP contribution in [0.25, 0.3) is 0 Å². The number of hydrogen-bond donors (Lipinski definition) is 3. The van der Waals surface area contributed by atoms with Gasteiger partial charge in [-0.2, -0.15) is 4.31 Å². The number of nitrogens with zero attached hydrogens (tertiary/aromatic N) is 1. The van der Waals surface area contributed by atoms with Crippen molar-refractivity contribution in [2.45, 2.75) is 4.90 Å². The topological polar surface area (TPSA) is 161 Å². The molecule has 0 bridgehead atoms. The summed E-state index contributed by atoms with van der Waals surface area (Å²) < 4.78 is 25.2. The zero-order valence-electron chi connectivity index (χ0n) is 10.7. The van der Waals surface area contributed by atoms with E-state index in [1.807, 2.05) is 0 Å². The van der Waals surface area contributed by atoms with Gasteiger partial charge in [0.1, 0.15) is 0 Å². The summed E-state index contributed by atoms with van der Waals surface area (Å²) in [6.07, 6.45) is 0. The van der Waals surface area contributed by atoms with E-state index in [0.29, 0.717) is 4.31 Å². The molecule has 0 saturated heterocycles. The van der Waals surface area contributed by atoms with Crippen LogP contribution in [-0.2, 0) is 19.6 Å². The quantitative estimate of drug-likeness (QED) is 0.546. The largest absolute Gasteiger partial charge is 0.478 e. The lowest BCUT2D eigenvalue weighted by Gasteiger charge is -2.20. The van der Waals surface area contributed by atoms with Gasteiger partial charge in [0.05, 0.1) is 23.5 Å². The first-order valence-corrected chi connectivity index (χ1v) is 6.99. The molecule has 0 spiro atoms. The fraction of sp³-hybridized carbons (Fsp3) is 0.182. The molecule has 0 fully saturated rings. The molecule has 1 aromatic carbocycles. The van der Waals surface area contributed by atoms with Crippen LogP contribution in [0.4, 0.5) is 0 Å². The SMILES string of the molecule is NC(=O)CN(CC(N)=O)S(=O)(=O)c1ccccc1C(=O)O. The average Bonchev–Trinajstić information content (AvgIpc) is 2.36. The van der Waals surface area contributed by atoms with E-state index in [-0.39, 0.29) is 0 Å². The molecule has 0 aliphatic rings. The van der Waals surface area contributed by atoms with Gasteiger partial charge in [-0.15, -0.1) is 0 Å². The number of hydrogen-bond acceptors (Lipinski definition) is 5. The first kappa shape index (κ1) is 16.6. The zero-order valence-corrected chi connectivity index (χ0v) is 11.5. The molecular formula is C11H13N3O6S. The van der Waals surface area contributed by atoms with Gasteiger partial charge in [-0.3, -0.25) is 9.59 Å². The van der Waals surface area contributed by atoms with Gasteiger partial charge in [-0.1, -0.05) is 12.1 Å². The summed E-state index contributed by atoms with van der Waals surface area (Å²) in [4.78, 5) is 32.4. The van der Waals surface area contributed by atoms with Crippen molar-refractivity contribution in [2.24, 2.45) is 11.5 Å². The lowest BCUT2D eigenvalue weighted by molar-refractivity contribution is -0.120. The minimum absolute atomic E-state index is 0.430. The third kappa shape index (κ3) is 4.00. The van der Waals surface area contributed by atoms with Crippen molar-refractivity contribution >= 4 is 27.8 Å². The van der Waals surface area contributed by atoms with Crippen LogP contribution in [0.1, 0.15) is 10.4 Å². The summed E-state index contributed by atoms with van der Waals surface area (Å²) in [6, 6.07) is 4.79. The fourth-order valence-corrected chi connectivity index (χ4v) is 3.14. The van der Waals surface area contributed by atoms with Crippen LogP contribution in [0.15, 0.2) is 29.2 Å². The van der Waals surface area contributed by atoms with Crippen molar-refractivity contribution in [3.05, 3.63) is 29.8 Å². The molecule has 5 N–H and O–H groups in total. The van der Waals surface area contributed by atoms with Crippen LogP contribution in [0, 0.1) is 0 Å². The Hall–Kier alpha value is -2.46. The molecule has 1 rings (SSSR count). The summed E-state index contributed by atoms with van der Waals surface area (Å²) in [6.45, 7) is -1.58. The average molecular weight is 315 g/mol. The van der Waals surface area contributed by atoms with Crippen molar-refractivity contribution in [1.82, 2.24) is 4.31 Å². The summed E-state index contributed by atoms with van der Waals surface area (Å²) in [5, 5.41) is 9.01. The summed E-state index contributed by atoms with van der Waals surface area (Å²) in [5.74, 6) is -3.48. The third-order valence-electron chi connectivity index (χ3n) is 2.40. The van der Waals surface area contributed by atoms with E-state index in [1.165, 1.54) is 12.1 Å². The zero-order chi connectivity index (χ0) is 16.2. The molecule has 2 amide bonds. The number of carboxylic acids is 1. The Labute approximate surface area is 120 Å². The molecule has 0 aliphatic carbocycles. The van der Waals surface area contributed by atoms with Gasteiger partial charge in [-0.05, 0) is 12.1 Å². The van der Waals surface area contributed by atoms with Gasteiger partial charge >= 0.3 is 5.97 Å². The fourth-order valence-electron chi connectivity index (χ4n) is 1.58. The minimum atomic E-state index is -4.42. The van der Waals surface area contributed by atoms with Gasteiger partial charge in [0.15, 0.2) is 0 Å². The van der Waals surface area contributed by atoms with Crippen molar-refractivity contribution in [3.63, 3.8) is 0 Å². The molecule has 1 aromatic rings. The maximum Gasteiger partial charge on any atom is 0.337 e. The number of primary amides is 2. The monoisotopic (exact) mass is 315 g/mol. The number of carboxylic acid groups (broad SMARTS) is 1. The van der Waals surface area contributed by atoms with Crippen molar-refractivity contribution in [2.75, 3.05) is 13.1 Å². The molecule has 10 heteroatoms. The van der Waals surface area contributed by atoms with E-state index in [9.17, 15) is 22.8 Å². The molecule has 0 aliphatic heterocycles.